The van der Waals surface area contributed by atoms with Gasteiger partial charge in [0, 0.05) is 31.0 Å². The molecule has 0 bridgehead atoms. The van der Waals surface area contributed by atoms with Gasteiger partial charge in [0.25, 0.3) is 0 Å². The zero-order chi connectivity index (χ0) is 12.3. The molecule has 1 fully saturated rings. The highest BCUT2D eigenvalue weighted by Crippen LogP contribution is 2.26. The first-order chi connectivity index (χ1) is 8.22. The average molecular weight is 234 g/mol. The number of nitrogens with two attached hydrogens (primary N) is 1. The number of aromatic nitrogens is 2. The second-order valence-electron chi connectivity index (χ2n) is 4.82. The van der Waals surface area contributed by atoms with E-state index in [1.165, 1.54) is 12.8 Å². The molecule has 2 N–H and O–H groups in total. The Labute approximate surface area is 103 Å². The smallest absolute Gasteiger partial charge is 0.150 e. The van der Waals surface area contributed by atoms with Crippen LogP contribution in [0.25, 0.3) is 0 Å². The van der Waals surface area contributed by atoms with E-state index in [1.54, 1.807) is 12.4 Å². The van der Waals surface area contributed by atoms with E-state index in [2.05, 4.69) is 21.8 Å². The predicted octanol–water partition coefficient (Wildman–Crippen LogP) is 1.88. The molecule has 0 amide bonds. The maximum Gasteiger partial charge on any atom is 0.150 e. The van der Waals surface area contributed by atoms with Crippen LogP contribution in [-0.2, 0) is 0 Å². The molecule has 1 aliphatic carbocycles. The Hall–Kier alpha value is -1.16. The van der Waals surface area contributed by atoms with Crippen LogP contribution in [-0.4, -0.2) is 28.6 Å². The van der Waals surface area contributed by atoms with Gasteiger partial charge in [0.1, 0.15) is 5.82 Å². The van der Waals surface area contributed by atoms with Crippen molar-refractivity contribution in [3.8, 4) is 0 Å². The van der Waals surface area contributed by atoms with Crippen LogP contribution in [0.2, 0.25) is 0 Å². The summed E-state index contributed by atoms with van der Waals surface area (Å²) in [5, 5.41) is 0. The number of hydrogen-bond donors (Lipinski definition) is 1. The van der Waals surface area contributed by atoms with Crippen molar-refractivity contribution in [1.29, 1.82) is 0 Å². The number of aryl methyl sites for hydroxylation is 1. The molecule has 4 heteroatoms. The van der Waals surface area contributed by atoms with E-state index in [1.807, 2.05) is 6.92 Å². The Bertz CT molecular complexity index is 358. The molecule has 1 saturated carbocycles. The molecule has 0 spiro atoms. The molecule has 0 saturated heterocycles. The lowest BCUT2D eigenvalue weighted by Crippen LogP contribution is -2.41. The summed E-state index contributed by atoms with van der Waals surface area (Å²) in [6, 6.07) is 0.975. The van der Waals surface area contributed by atoms with Gasteiger partial charge in [-0.25, -0.2) is 4.98 Å². The molecule has 2 rings (SSSR count). The molecular formula is C13H22N4. The molecule has 0 atom stereocenters. The Morgan fingerprint density at radius 1 is 1.24 bits per heavy atom. The second-order valence-corrected chi connectivity index (χ2v) is 4.82. The summed E-state index contributed by atoms with van der Waals surface area (Å²) in [6.07, 6.45) is 8.13. The van der Waals surface area contributed by atoms with Crippen LogP contribution in [0.3, 0.4) is 0 Å². The SMILES string of the molecule is CCN(c1nccnc1C)C1CCC(N)CC1. The molecular weight excluding hydrogens is 212 g/mol. The summed E-state index contributed by atoms with van der Waals surface area (Å²) in [4.78, 5) is 11.2. The molecule has 1 aromatic rings. The van der Waals surface area contributed by atoms with Gasteiger partial charge in [-0.15, -0.1) is 0 Å². The van der Waals surface area contributed by atoms with Gasteiger partial charge in [-0.3, -0.25) is 4.98 Å². The fourth-order valence-corrected chi connectivity index (χ4v) is 2.68. The first-order valence-corrected chi connectivity index (χ1v) is 6.52. The van der Waals surface area contributed by atoms with Gasteiger partial charge >= 0.3 is 0 Å². The standard InChI is InChI=1S/C13H22N4/c1-3-17(12-6-4-11(14)5-7-12)13-10(2)15-8-9-16-13/h8-9,11-12H,3-7,14H2,1-2H3. The molecule has 1 aromatic heterocycles. The quantitative estimate of drug-likeness (QED) is 0.867. The number of anilines is 1. The largest absolute Gasteiger partial charge is 0.352 e. The van der Waals surface area contributed by atoms with Gasteiger partial charge in [0.2, 0.25) is 0 Å². The fraction of sp³-hybridized carbons (Fsp3) is 0.692. The highest BCUT2D eigenvalue weighted by atomic mass is 15.2. The molecule has 1 aliphatic rings. The van der Waals surface area contributed by atoms with Crippen LogP contribution in [0.15, 0.2) is 12.4 Å². The van der Waals surface area contributed by atoms with E-state index < -0.39 is 0 Å². The van der Waals surface area contributed by atoms with Gasteiger partial charge in [-0.1, -0.05) is 0 Å². The van der Waals surface area contributed by atoms with Crippen molar-refractivity contribution in [2.45, 2.75) is 51.6 Å². The molecule has 0 unspecified atom stereocenters. The highest BCUT2D eigenvalue weighted by Gasteiger charge is 2.25. The lowest BCUT2D eigenvalue weighted by Gasteiger charge is -2.36. The molecule has 4 nitrogen and oxygen atoms in total. The van der Waals surface area contributed by atoms with Crippen LogP contribution in [0.5, 0.6) is 0 Å². The molecule has 1 heterocycles. The van der Waals surface area contributed by atoms with Gasteiger partial charge < -0.3 is 10.6 Å². The Kier molecular flexibility index (Phi) is 3.94. The normalized spacial score (nSPS) is 24.6. The third-order valence-corrected chi connectivity index (χ3v) is 3.65. The van der Waals surface area contributed by atoms with E-state index in [0.29, 0.717) is 12.1 Å². The van der Waals surface area contributed by atoms with Crippen molar-refractivity contribution in [2.75, 3.05) is 11.4 Å². The van der Waals surface area contributed by atoms with Crippen LogP contribution in [0.1, 0.15) is 38.3 Å². The molecule has 17 heavy (non-hydrogen) atoms. The van der Waals surface area contributed by atoms with E-state index in [9.17, 15) is 0 Å². The fourth-order valence-electron chi connectivity index (χ4n) is 2.68. The zero-order valence-corrected chi connectivity index (χ0v) is 10.8. The van der Waals surface area contributed by atoms with Crippen LogP contribution in [0.4, 0.5) is 5.82 Å². The molecule has 0 radical (unpaired) electrons. The maximum absolute atomic E-state index is 5.96. The summed E-state index contributed by atoms with van der Waals surface area (Å²) < 4.78 is 0. The minimum Gasteiger partial charge on any atom is -0.352 e. The summed E-state index contributed by atoms with van der Waals surface area (Å²) in [6.45, 7) is 5.20. The number of hydrogen-bond acceptors (Lipinski definition) is 4. The molecule has 94 valence electrons. The van der Waals surface area contributed by atoms with E-state index in [4.69, 9.17) is 5.73 Å². The molecule has 0 aromatic carbocycles. The van der Waals surface area contributed by atoms with Crippen molar-refractivity contribution in [3.05, 3.63) is 18.1 Å². The van der Waals surface area contributed by atoms with Gasteiger partial charge in [0.15, 0.2) is 0 Å². The van der Waals surface area contributed by atoms with Crippen molar-refractivity contribution < 1.29 is 0 Å². The van der Waals surface area contributed by atoms with Crippen molar-refractivity contribution in [2.24, 2.45) is 5.73 Å². The van der Waals surface area contributed by atoms with Gasteiger partial charge in [-0.05, 0) is 39.5 Å². The Morgan fingerprint density at radius 2 is 1.88 bits per heavy atom. The highest BCUT2D eigenvalue weighted by molar-refractivity contribution is 5.43. The summed E-state index contributed by atoms with van der Waals surface area (Å²) >= 11 is 0. The summed E-state index contributed by atoms with van der Waals surface area (Å²) in [7, 11) is 0. The van der Waals surface area contributed by atoms with Crippen molar-refractivity contribution in [1.82, 2.24) is 9.97 Å². The zero-order valence-electron chi connectivity index (χ0n) is 10.8. The average Bonchev–Trinajstić information content (AvgIpc) is 2.35. The van der Waals surface area contributed by atoms with E-state index >= 15 is 0 Å². The Morgan fingerprint density at radius 3 is 2.47 bits per heavy atom. The second kappa shape index (κ2) is 5.45. The third-order valence-electron chi connectivity index (χ3n) is 3.65. The van der Waals surface area contributed by atoms with Crippen LogP contribution < -0.4 is 10.6 Å². The first-order valence-electron chi connectivity index (χ1n) is 6.52. The topological polar surface area (TPSA) is 55.0 Å². The van der Waals surface area contributed by atoms with Gasteiger partial charge in [0.05, 0.1) is 5.69 Å². The van der Waals surface area contributed by atoms with Crippen molar-refractivity contribution in [3.63, 3.8) is 0 Å². The van der Waals surface area contributed by atoms with Crippen LogP contribution in [0, 0.1) is 6.92 Å². The summed E-state index contributed by atoms with van der Waals surface area (Å²) in [5.41, 5.74) is 6.98. The van der Waals surface area contributed by atoms with Crippen LogP contribution >= 0.6 is 0 Å². The third kappa shape index (κ3) is 2.75. The monoisotopic (exact) mass is 234 g/mol. The predicted molar refractivity (Wildman–Crippen MR) is 70.0 cm³/mol. The lowest BCUT2D eigenvalue weighted by atomic mass is 9.90. The maximum atomic E-state index is 5.96. The number of rotatable bonds is 3. The van der Waals surface area contributed by atoms with Gasteiger partial charge in [-0.2, -0.15) is 0 Å². The minimum absolute atomic E-state index is 0.396. The molecule has 0 aliphatic heterocycles. The lowest BCUT2D eigenvalue weighted by molar-refractivity contribution is 0.376. The Balaban J connectivity index is 2.14. The summed E-state index contributed by atoms with van der Waals surface area (Å²) in [5.74, 6) is 1.04. The number of nitrogens with zero attached hydrogens (tertiary/aromatic N) is 3. The first kappa shape index (κ1) is 12.3. The van der Waals surface area contributed by atoms with E-state index in [0.717, 1.165) is 30.9 Å². The van der Waals surface area contributed by atoms with Crippen molar-refractivity contribution >= 4 is 5.82 Å². The van der Waals surface area contributed by atoms with E-state index in [-0.39, 0.29) is 0 Å². The minimum atomic E-state index is 0.396.